The fourth-order valence-electron chi connectivity index (χ4n) is 3.88. The second-order valence-electron chi connectivity index (χ2n) is 7.53. The summed E-state index contributed by atoms with van der Waals surface area (Å²) in [4.78, 5) is 21.5. The number of hydrogen-bond donors (Lipinski definition) is 0. The number of likely N-dealkylation sites (tertiary alicyclic amines) is 1. The highest BCUT2D eigenvalue weighted by Crippen LogP contribution is 2.33. The maximum absolute atomic E-state index is 12.9. The van der Waals surface area contributed by atoms with Gasteiger partial charge in [-0.05, 0) is 61.8 Å². The molecule has 0 saturated carbocycles. The molecule has 1 saturated heterocycles. The van der Waals surface area contributed by atoms with Crippen LogP contribution in [0.2, 0.25) is 0 Å². The molecule has 1 unspecified atom stereocenters. The van der Waals surface area contributed by atoms with Gasteiger partial charge in [0.15, 0.2) is 0 Å². The van der Waals surface area contributed by atoms with Gasteiger partial charge in [-0.15, -0.1) is 11.3 Å². The molecule has 1 atom stereocenters. The Hall–Kier alpha value is -1.72. The van der Waals surface area contributed by atoms with Crippen molar-refractivity contribution in [3.63, 3.8) is 0 Å². The normalized spacial score (nSPS) is 20.8. The lowest BCUT2D eigenvalue weighted by atomic mass is 9.90. The van der Waals surface area contributed by atoms with E-state index in [4.69, 9.17) is 4.74 Å². The van der Waals surface area contributed by atoms with Crippen LogP contribution < -0.4 is 0 Å². The zero-order valence-corrected chi connectivity index (χ0v) is 16.1. The number of aryl methyl sites for hydroxylation is 1. The van der Waals surface area contributed by atoms with Crippen LogP contribution in [0.5, 0.6) is 0 Å². The average Bonchev–Trinajstić information content (AvgIpc) is 3.10. The third-order valence-electron chi connectivity index (χ3n) is 5.46. The molecule has 1 aliphatic heterocycles. The lowest BCUT2D eigenvalue weighted by Gasteiger charge is -2.31. The van der Waals surface area contributed by atoms with Gasteiger partial charge in [0.25, 0.3) is 5.91 Å². The second kappa shape index (κ2) is 7.89. The van der Waals surface area contributed by atoms with Gasteiger partial charge in [-0.2, -0.15) is 0 Å². The number of fused-ring (bicyclic) bond motifs is 1. The van der Waals surface area contributed by atoms with Gasteiger partial charge in [0.1, 0.15) is 0 Å². The minimum atomic E-state index is 0.209. The largest absolute Gasteiger partial charge is 0.372 e. The molecule has 2 aromatic heterocycles. The van der Waals surface area contributed by atoms with Crippen LogP contribution in [-0.4, -0.2) is 35.0 Å². The summed E-state index contributed by atoms with van der Waals surface area (Å²) in [6.45, 7) is 4.42. The summed E-state index contributed by atoms with van der Waals surface area (Å²) < 4.78 is 5.98. The van der Waals surface area contributed by atoms with E-state index in [1.807, 2.05) is 23.1 Å². The van der Waals surface area contributed by atoms with Crippen molar-refractivity contribution in [1.29, 1.82) is 0 Å². The Morgan fingerprint density at radius 1 is 1.31 bits per heavy atom. The van der Waals surface area contributed by atoms with Gasteiger partial charge in [0, 0.05) is 24.2 Å². The standard InChI is InChI=1S/C21H26N2O2S/c1-15-5-6-19-16(12-15)13-20(26-19)21(24)23-10-7-18(8-11-23)25-14-17-4-2-3-9-22-17/h2-4,9,13,15,18H,5-8,10-12,14H2,1H3. The van der Waals surface area contributed by atoms with Gasteiger partial charge in [-0.25, -0.2) is 0 Å². The number of piperidine rings is 1. The number of carbonyl (C=O) groups excluding carboxylic acids is 1. The van der Waals surface area contributed by atoms with Crippen molar-refractivity contribution in [3.8, 4) is 0 Å². The highest BCUT2D eigenvalue weighted by Gasteiger charge is 2.27. The molecule has 138 valence electrons. The summed E-state index contributed by atoms with van der Waals surface area (Å²) in [5.41, 5.74) is 2.37. The lowest BCUT2D eigenvalue weighted by Crippen LogP contribution is -2.40. The summed E-state index contributed by atoms with van der Waals surface area (Å²) in [5, 5.41) is 0. The molecule has 0 N–H and O–H groups in total. The van der Waals surface area contributed by atoms with E-state index >= 15 is 0 Å². The highest BCUT2D eigenvalue weighted by molar-refractivity contribution is 7.14. The van der Waals surface area contributed by atoms with Crippen LogP contribution in [-0.2, 0) is 24.2 Å². The van der Waals surface area contributed by atoms with E-state index < -0.39 is 0 Å². The Balaban J connectivity index is 1.30. The Labute approximate surface area is 159 Å². The topological polar surface area (TPSA) is 42.4 Å². The molecule has 4 nitrogen and oxygen atoms in total. The third-order valence-corrected chi connectivity index (χ3v) is 6.69. The van der Waals surface area contributed by atoms with Crippen molar-refractivity contribution in [2.24, 2.45) is 5.92 Å². The van der Waals surface area contributed by atoms with Crippen molar-refractivity contribution in [2.75, 3.05) is 13.1 Å². The number of thiophene rings is 1. The molecule has 2 aliphatic rings. The second-order valence-corrected chi connectivity index (χ2v) is 8.67. The minimum Gasteiger partial charge on any atom is -0.372 e. The van der Waals surface area contributed by atoms with E-state index in [2.05, 4.69) is 18.0 Å². The maximum atomic E-state index is 12.9. The molecule has 0 bridgehead atoms. The molecular formula is C21H26N2O2S. The van der Waals surface area contributed by atoms with E-state index in [0.29, 0.717) is 6.61 Å². The summed E-state index contributed by atoms with van der Waals surface area (Å²) in [5.74, 6) is 0.951. The fraction of sp³-hybridized carbons (Fsp3) is 0.524. The molecule has 26 heavy (non-hydrogen) atoms. The average molecular weight is 371 g/mol. The van der Waals surface area contributed by atoms with Crippen molar-refractivity contribution in [1.82, 2.24) is 9.88 Å². The smallest absolute Gasteiger partial charge is 0.263 e. The summed E-state index contributed by atoms with van der Waals surface area (Å²) >= 11 is 1.72. The molecule has 0 spiro atoms. The number of carbonyl (C=O) groups is 1. The Morgan fingerprint density at radius 3 is 2.92 bits per heavy atom. The number of pyridine rings is 1. The minimum absolute atomic E-state index is 0.209. The van der Waals surface area contributed by atoms with Crippen molar-refractivity contribution < 1.29 is 9.53 Å². The van der Waals surface area contributed by atoms with Crippen LogP contribution in [0.15, 0.2) is 30.5 Å². The number of ether oxygens (including phenoxy) is 1. The van der Waals surface area contributed by atoms with Gasteiger partial charge >= 0.3 is 0 Å². The van der Waals surface area contributed by atoms with Crippen molar-refractivity contribution in [3.05, 3.63) is 51.5 Å². The summed E-state index contributed by atoms with van der Waals surface area (Å²) in [7, 11) is 0. The SMILES string of the molecule is CC1CCc2sc(C(=O)N3CCC(OCc4ccccn4)CC3)cc2C1. The van der Waals surface area contributed by atoms with Gasteiger partial charge in [-0.3, -0.25) is 9.78 Å². The predicted molar refractivity (Wildman–Crippen MR) is 103 cm³/mol. The van der Waals surface area contributed by atoms with Gasteiger partial charge in [0.05, 0.1) is 23.3 Å². The third kappa shape index (κ3) is 3.99. The highest BCUT2D eigenvalue weighted by atomic mass is 32.1. The Kier molecular flexibility index (Phi) is 5.36. The van der Waals surface area contributed by atoms with E-state index in [-0.39, 0.29) is 12.0 Å². The number of amides is 1. The first-order valence-corrected chi connectivity index (χ1v) is 10.4. The fourth-order valence-corrected chi connectivity index (χ4v) is 5.06. The van der Waals surface area contributed by atoms with Crippen LogP contribution in [0.4, 0.5) is 0 Å². The van der Waals surface area contributed by atoms with E-state index in [1.54, 1.807) is 17.5 Å². The number of nitrogens with zero attached hydrogens (tertiary/aromatic N) is 2. The van der Waals surface area contributed by atoms with Crippen LogP contribution in [0.3, 0.4) is 0 Å². The van der Waals surface area contributed by atoms with Crippen LogP contribution in [0.1, 0.15) is 52.0 Å². The molecule has 4 rings (SSSR count). The van der Waals surface area contributed by atoms with Crippen LogP contribution in [0.25, 0.3) is 0 Å². The zero-order chi connectivity index (χ0) is 17.9. The first-order valence-electron chi connectivity index (χ1n) is 9.61. The molecule has 1 amide bonds. The Morgan fingerprint density at radius 2 is 2.15 bits per heavy atom. The molecular weight excluding hydrogens is 344 g/mol. The summed E-state index contributed by atoms with van der Waals surface area (Å²) in [6, 6.07) is 8.03. The number of rotatable bonds is 4. The zero-order valence-electron chi connectivity index (χ0n) is 15.3. The molecule has 5 heteroatoms. The predicted octanol–water partition coefficient (Wildman–Crippen LogP) is 4.09. The quantitative estimate of drug-likeness (QED) is 0.814. The van der Waals surface area contributed by atoms with Crippen LogP contribution >= 0.6 is 11.3 Å². The molecule has 3 heterocycles. The van der Waals surface area contributed by atoms with Gasteiger partial charge in [0.2, 0.25) is 0 Å². The van der Waals surface area contributed by atoms with Gasteiger partial charge in [-0.1, -0.05) is 13.0 Å². The maximum Gasteiger partial charge on any atom is 0.263 e. The first kappa shape index (κ1) is 17.7. The van der Waals surface area contributed by atoms with Gasteiger partial charge < -0.3 is 9.64 Å². The van der Waals surface area contributed by atoms with E-state index in [1.165, 1.54) is 16.9 Å². The molecule has 0 radical (unpaired) electrons. The van der Waals surface area contributed by atoms with Crippen LogP contribution in [0, 0.1) is 5.92 Å². The number of hydrogen-bond acceptors (Lipinski definition) is 4. The van der Waals surface area contributed by atoms with Crippen molar-refractivity contribution in [2.45, 2.75) is 51.7 Å². The van der Waals surface area contributed by atoms with E-state index in [9.17, 15) is 4.79 Å². The summed E-state index contributed by atoms with van der Waals surface area (Å²) in [6.07, 6.45) is 7.34. The molecule has 2 aromatic rings. The number of aromatic nitrogens is 1. The molecule has 1 aliphatic carbocycles. The Bertz CT molecular complexity index is 751. The molecule has 0 aromatic carbocycles. The lowest BCUT2D eigenvalue weighted by molar-refractivity contribution is -0.00150. The van der Waals surface area contributed by atoms with E-state index in [0.717, 1.165) is 55.3 Å². The van der Waals surface area contributed by atoms with Crippen molar-refractivity contribution >= 4 is 17.2 Å². The first-order chi connectivity index (χ1) is 12.7. The molecule has 1 fully saturated rings. The monoisotopic (exact) mass is 370 g/mol.